The number of nitro benzene ring substituents is 1. The van der Waals surface area contributed by atoms with E-state index in [9.17, 15) is 14.9 Å². The number of carbonyl (C=O) groups is 1. The largest absolute Gasteiger partial charge is 0.493 e. The molecule has 2 aromatic rings. The Kier molecular flexibility index (Phi) is 6.05. The van der Waals surface area contributed by atoms with Crippen molar-refractivity contribution in [1.82, 2.24) is 5.43 Å². The Bertz CT molecular complexity index is 805. The molecule has 0 unspecified atom stereocenters. The number of hydrogen-bond donors (Lipinski definition) is 1. The number of non-ortho nitro benzene ring substituents is 1. The van der Waals surface area contributed by atoms with E-state index in [-0.39, 0.29) is 11.3 Å². The van der Waals surface area contributed by atoms with E-state index >= 15 is 0 Å². The van der Waals surface area contributed by atoms with Crippen LogP contribution in [0.15, 0.2) is 47.6 Å². The Balaban J connectivity index is 2.06. The Morgan fingerprint density at radius 2 is 2.08 bits per heavy atom. The number of nitro groups is 1. The molecule has 25 heavy (non-hydrogen) atoms. The van der Waals surface area contributed by atoms with Crippen molar-refractivity contribution in [3.05, 3.63) is 63.7 Å². The molecular formula is C17H17N3O5. The van der Waals surface area contributed by atoms with E-state index in [1.54, 1.807) is 18.2 Å². The number of amides is 1. The number of carbonyl (C=O) groups excluding carboxylic acids is 1. The molecule has 8 heteroatoms. The van der Waals surface area contributed by atoms with Gasteiger partial charge in [0.2, 0.25) is 0 Å². The van der Waals surface area contributed by atoms with Gasteiger partial charge in [-0.1, -0.05) is 6.07 Å². The molecule has 0 saturated heterocycles. The quantitative estimate of drug-likeness (QED) is 0.473. The second-order valence-corrected chi connectivity index (χ2v) is 4.85. The maximum Gasteiger partial charge on any atom is 0.271 e. The fourth-order valence-corrected chi connectivity index (χ4v) is 2.03. The topological polar surface area (TPSA) is 103 Å². The molecule has 2 aromatic carbocycles. The molecule has 0 atom stereocenters. The normalized spacial score (nSPS) is 10.5. The van der Waals surface area contributed by atoms with Crippen molar-refractivity contribution in [2.45, 2.75) is 6.92 Å². The molecular weight excluding hydrogens is 326 g/mol. The van der Waals surface area contributed by atoms with E-state index in [2.05, 4.69) is 10.5 Å². The summed E-state index contributed by atoms with van der Waals surface area (Å²) < 4.78 is 10.7. The van der Waals surface area contributed by atoms with Gasteiger partial charge < -0.3 is 9.47 Å². The minimum atomic E-state index is -0.563. The molecule has 0 fully saturated rings. The van der Waals surface area contributed by atoms with Crippen LogP contribution < -0.4 is 14.9 Å². The number of nitrogens with zero attached hydrogens (tertiary/aromatic N) is 2. The number of ether oxygens (including phenoxy) is 2. The van der Waals surface area contributed by atoms with Gasteiger partial charge in [0.05, 0.1) is 24.9 Å². The predicted molar refractivity (Wildman–Crippen MR) is 92.3 cm³/mol. The summed E-state index contributed by atoms with van der Waals surface area (Å²) in [6.07, 6.45) is 1.44. The molecule has 0 aliphatic rings. The Hall–Kier alpha value is -3.42. The summed E-state index contributed by atoms with van der Waals surface area (Å²) in [6, 6.07) is 10.6. The van der Waals surface area contributed by atoms with Crippen molar-refractivity contribution in [2.75, 3.05) is 13.7 Å². The van der Waals surface area contributed by atoms with Gasteiger partial charge in [-0.15, -0.1) is 0 Å². The van der Waals surface area contributed by atoms with E-state index in [4.69, 9.17) is 9.47 Å². The van der Waals surface area contributed by atoms with Crippen molar-refractivity contribution < 1.29 is 19.2 Å². The van der Waals surface area contributed by atoms with Gasteiger partial charge in [-0.05, 0) is 36.8 Å². The first-order valence-electron chi connectivity index (χ1n) is 7.44. The smallest absolute Gasteiger partial charge is 0.271 e. The lowest BCUT2D eigenvalue weighted by Crippen LogP contribution is -2.17. The highest BCUT2D eigenvalue weighted by atomic mass is 16.6. The van der Waals surface area contributed by atoms with Crippen molar-refractivity contribution >= 4 is 17.8 Å². The number of benzene rings is 2. The van der Waals surface area contributed by atoms with Gasteiger partial charge in [0.25, 0.3) is 11.6 Å². The van der Waals surface area contributed by atoms with E-state index in [0.29, 0.717) is 23.7 Å². The van der Waals surface area contributed by atoms with Crippen molar-refractivity contribution in [3.63, 3.8) is 0 Å². The molecule has 2 rings (SSSR count). The minimum Gasteiger partial charge on any atom is -0.493 e. The zero-order chi connectivity index (χ0) is 18.2. The number of rotatable bonds is 7. The van der Waals surface area contributed by atoms with Gasteiger partial charge in [0.15, 0.2) is 11.5 Å². The highest BCUT2D eigenvalue weighted by Gasteiger charge is 2.10. The molecule has 0 spiro atoms. The summed E-state index contributed by atoms with van der Waals surface area (Å²) in [6.45, 7) is 2.39. The Morgan fingerprint density at radius 1 is 1.28 bits per heavy atom. The van der Waals surface area contributed by atoms with Crippen LogP contribution in [0.1, 0.15) is 22.8 Å². The molecule has 0 bridgehead atoms. The molecule has 1 amide bonds. The highest BCUT2D eigenvalue weighted by Crippen LogP contribution is 2.27. The fraction of sp³-hybridized carbons (Fsp3) is 0.176. The van der Waals surface area contributed by atoms with Crippen LogP contribution in [0.3, 0.4) is 0 Å². The number of nitrogens with one attached hydrogen (secondary N) is 1. The van der Waals surface area contributed by atoms with E-state index in [1.165, 1.54) is 37.6 Å². The summed E-state index contributed by atoms with van der Waals surface area (Å²) in [5, 5.41) is 14.6. The molecule has 1 N–H and O–H groups in total. The molecule has 0 heterocycles. The third-order valence-corrected chi connectivity index (χ3v) is 3.19. The lowest BCUT2D eigenvalue weighted by molar-refractivity contribution is -0.384. The predicted octanol–water partition coefficient (Wildman–Crippen LogP) is 2.77. The Morgan fingerprint density at radius 3 is 2.76 bits per heavy atom. The van der Waals surface area contributed by atoms with Crippen LogP contribution in [0, 0.1) is 10.1 Å². The molecule has 8 nitrogen and oxygen atoms in total. The first-order chi connectivity index (χ1) is 12.0. The summed E-state index contributed by atoms with van der Waals surface area (Å²) in [4.78, 5) is 22.1. The van der Waals surface area contributed by atoms with Crippen molar-refractivity contribution in [2.24, 2.45) is 5.10 Å². The average Bonchev–Trinajstić information content (AvgIpc) is 2.63. The van der Waals surface area contributed by atoms with Crippen LogP contribution >= 0.6 is 0 Å². The van der Waals surface area contributed by atoms with Gasteiger partial charge in [0, 0.05) is 17.7 Å². The van der Waals surface area contributed by atoms with Crippen LogP contribution in [0.25, 0.3) is 0 Å². The summed E-state index contributed by atoms with van der Waals surface area (Å²) >= 11 is 0. The number of hydrazone groups is 1. The van der Waals surface area contributed by atoms with Crippen LogP contribution in [0.5, 0.6) is 11.5 Å². The van der Waals surface area contributed by atoms with Crippen molar-refractivity contribution in [1.29, 1.82) is 0 Å². The minimum absolute atomic E-state index is 0.149. The first-order valence-corrected chi connectivity index (χ1v) is 7.44. The van der Waals surface area contributed by atoms with Gasteiger partial charge in [-0.2, -0.15) is 5.10 Å². The molecule has 0 radical (unpaired) electrons. The zero-order valence-corrected chi connectivity index (χ0v) is 13.8. The van der Waals surface area contributed by atoms with E-state index < -0.39 is 10.8 Å². The summed E-state index contributed by atoms with van der Waals surface area (Å²) in [5.74, 6) is 0.622. The third-order valence-electron chi connectivity index (χ3n) is 3.19. The lowest BCUT2D eigenvalue weighted by atomic mass is 10.2. The molecule has 0 aliphatic carbocycles. The highest BCUT2D eigenvalue weighted by molar-refractivity contribution is 5.95. The number of hydrogen-bond acceptors (Lipinski definition) is 6. The van der Waals surface area contributed by atoms with Gasteiger partial charge in [-0.3, -0.25) is 14.9 Å². The fourth-order valence-electron chi connectivity index (χ4n) is 2.03. The van der Waals surface area contributed by atoms with E-state index in [0.717, 1.165) is 0 Å². The van der Waals surface area contributed by atoms with Crippen LogP contribution in [-0.2, 0) is 0 Å². The Labute approximate surface area is 144 Å². The average molecular weight is 343 g/mol. The summed E-state index contributed by atoms with van der Waals surface area (Å²) in [7, 11) is 1.53. The van der Waals surface area contributed by atoms with Gasteiger partial charge in [-0.25, -0.2) is 5.43 Å². The third kappa shape index (κ3) is 4.77. The van der Waals surface area contributed by atoms with Gasteiger partial charge in [0.1, 0.15) is 0 Å². The van der Waals surface area contributed by atoms with Crippen LogP contribution in [0.2, 0.25) is 0 Å². The molecule has 0 aromatic heterocycles. The first kappa shape index (κ1) is 17.9. The number of methoxy groups -OCH3 is 1. The lowest BCUT2D eigenvalue weighted by Gasteiger charge is -2.09. The van der Waals surface area contributed by atoms with Crippen LogP contribution in [-0.4, -0.2) is 30.8 Å². The van der Waals surface area contributed by atoms with Gasteiger partial charge >= 0.3 is 0 Å². The SMILES string of the molecule is CCOc1ccc(C=NNC(=O)c2cccc([N+](=O)[O-])c2)cc1OC. The van der Waals surface area contributed by atoms with Crippen LogP contribution in [0.4, 0.5) is 5.69 Å². The van der Waals surface area contributed by atoms with Crippen molar-refractivity contribution in [3.8, 4) is 11.5 Å². The monoisotopic (exact) mass is 343 g/mol. The zero-order valence-electron chi connectivity index (χ0n) is 13.8. The molecule has 0 aliphatic heterocycles. The van der Waals surface area contributed by atoms with E-state index in [1.807, 2.05) is 6.92 Å². The molecule has 0 saturated carbocycles. The molecule has 130 valence electrons. The summed E-state index contributed by atoms with van der Waals surface area (Å²) in [5.41, 5.74) is 3.01. The standard InChI is InChI=1S/C17H17N3O5/c1-3-25-15-8-7-12(9-16(15)24-2)11-18-19-17(21)13-5-4-6-14(10-13)20(22)23/h4-11H,3H2,1-2H3,(H,19,21). The maximum absolute atomic E-state index is 12.0. The maximum atomic E-state index is 12.0. The second-order valence-electron chi connectivity index (χ2n) is 4.85. The second kappa shape index (κ2) is 8.44.